The molecule has 0 atom stereocenters. The molecule has 12 heavy (non-hydrogen) atoms. The molecule has 0 saturated heterocycles. The van der Waals surface area contributed by atoms with E-state index in [-0.39, 0.29) is 0 Å². The first-order valence-corrected chi connectivity index (χ1v) is 4.44. The van der Waals surface area contributed by atoms with Crippen molar-refractivity contribution in [2.45, 2.75) is 26.3 Å². The lowest BCUT2D eigenvalue weighted by Crippen LogP contribution is -2.07. The van der Waals surface area contributed by atoms with Gasteiger partial charge >= 0.3 is 0 Å². The van der Waals surface area contributed by atoms with Crippen LogP contribution in [-0.4, -0.2) is 16.8 Å². The Morgan fingerprint density at radius 2 is 2.33 bits per heavy atom. The average Bonchev–Trinajstić information content (AvgIpc) is 2.33. The van der Waals surface area contributed by atoms with Crippen molar-refractivity contribution in [3.8, 4) is 0 Å². The number of rotatable bonds is 4. The monoisotopic (exact) mass is 167 g/mol. The number of nitrogens with one attached hydrogen (secondary N) is 1. The molecule has 0 radical (unpaired) electrons. The Hall–Kier alpha value is -0.830. The summed E-state index contributed by atoms with van der Waals surface area (Å²) in [6, 6.07) is 0. The Morgan fingerprint density at radius 1 is 1.58 bits per heavy atom. The summed E-state index contributed by atoms with van der Waals surface area (Å²) >= 11 is 0. The van der Waals surface area contributed by atoms with Crippen LogP contribution in [0.3, 0.4) is 0 Å². The maximum Gasteiger partial charge on any atom is 0.0794 e. The Kier molecular flexibility index (Phi) is 3.29. The van der Waals surface area contributed by atoms with Crippen molar-refractivity contribution >= 4 is 0 Å². The molecule has 0 amide bonds. The van der Waals surface area contributed by atoms with Crippen LogP contribution in [0.15, 0.2) is 6.20 Å². The van der Waals surface area contributed by atoms with Gasteiger partial charge in [-0.3, -0.25) is 4.68 Å². The number of hydrogen-bond acceptors (Lipinski definition) is 2. The van der Waals surface area contributed by atoms with Gasteiger partial charge in [-0.1, -0.05) is 13.3 Å². The summed E-state index contributed by atoms with van der Waals surface area (Å²) in [4.78, 5) is 0. The van der Waals surface area contributed by atoms with Crippen LogP contribution < -0.4 is 5.32 Å². The van der Waals surface area contributed by atoms with E-state index >= 15 is 0 Å². The van der Waals surface area contributed by atoms with Gasteiger partial charge in [-0.15, -0.1) is 0 Å². The number of hydrogen-bond donors (Lipinski definition) is 1. The fraction of sp³-hybridized carbons (Fsp3) is 0.667. The van der Waals surface area contributed by atoms with Crippen molar-refractivity contribution in [1.29, 1.82) is 0 Å². The number of aromatic nitrogens is 2. The lowest BCUT2D eigenvalue weighted by molar-refractivity contribution is 0.710. The number of aryl methyl sites for hydroxylation is 2. The first-order valence-electron chi connectivity index (χ1n) is 4.44. The molecule has 0 aliphatic heterocycles. The van der Waals surface area contributed by atoms with Crippen LogP contribution in [0, 0.1) is 0 Å². The van der Waals surface area contributed by atoms with E-state index < -0.39 is 0 Å². The van der Waals surface area contributed by atoms with E-state index in [1.807, 2.05) is 18.8 Å². The summed E-state index contributed by atoms with van der Waals surface area (Å²) < 4.78 is 1.89. The van der Waals surface area contributed by atoms with Gasteiger partial charge in [0.15, 0.2) is 0 Å². The van der Waals surface area contributed by atoms with Crippen LogP contribution in [-0.2, 0) is 20.0 Å². The van der Waals surface area contributed by atoms with Crippen LogP contribution in [0.25, 0.3) is 0 Å². The Morgan fingerprint density at radius 3 is 2.92 bits per heavy atom. The highest BCUT2D eigenvalue weighted by atomic mass is 15.3. The fourth-order valence-corrected chi connectivity index (χ4v) is 1.38. The molecule has 0 saturated carbocycles. The third kappa shape index (κ3) is 2.08. The molecule has 0 aliphatic carbocycles. The van der Waals surface area contributed by atoms with Crippen LogP contribution in [0.5, 0.6) is 0 Å². The fourth-order valence-electron chi connectivity index (χ4n) is 1.38. The second-order valence-corrected chi connectivity index (χ2v) is 3.06. The molecular weight excluding hydrogens is 150 g/mol. The predicted octanol–water partition coefficient (Wildman–Crippen LogP) is 1.09. The van der Waals surface area contributed by atoms with E-state index in [2.05, 4.69) is 23.5 Å². The Bertz CT molecular complexity index is 216. The van der Waals surface area contributed by atoms with Gasteiger partial charge in [-0.05, 0) is 19.0 Å². The molecule has 1 N–H and O–H groups in total. The van der Waals surface area contributed by atoms with Gasteiger partial charge in [-0.25, -0.2) is 0 Å². The van der Waals surface area contributed by atoms with E-state index in [0.717, 1.165) is 13.0 Å². The van der Waals surface area contributed by atoms with Crippen molar-refractivity contribution in [2.75, 3.05) is 7.05 Å². The Balaban J connectivity index is 2.76. The molecule has 0 aliphatic rings. The summed E-state index contributed by atoms with van der Waals surface area (Å²) in [5.41, 5.74) is 2.55. The van der Waals surface area contributed by atoms with Gasteiger partial charge in [0.05, 0.1) is 5.69 Å². The maximum absolute atomic E-state index is 4.37. The summed E-state index contributed by atoms with van der Waals surface area (Å²) in [6.45, 7) is 3.06. The van der Waals surface area contributed by atoms with Gasteiger partial charge in [0.2, 0.25) is 0 Å². The molecule has 0 spiro atoms. The minimum absolute atomic E-state index is 0.871. The summed E-state index contributed by atoms with van der Waals surface area (Å²) in [6.07, 6.45) is 4.42. The molecule has 0 fully saturated rings. The van der Waals surface area contributed by atoms with Gasteiger partial charge in [0.25, 0.3) is 0 Å². The Labute approximate surface area is 73.8 Å². The first kappa shape index (κ1) is 9.26. The van der Waals surface area contributed by atoms with Gasteiger partial charge < -0.3 is 5.32 Å². The van der Waals surface area contributed by atoms with Gasteiger partial charge in [0, 0.05) is 19.8 Å². The zero-order valence-electron chi connectivity index (χ0n) is 8.09. The molecule has 1 heterocycles. The summed E-state index contributed by atoms with van der Waals surface area (Å²) in [5, 5.41) is 7.49. The largest absolute Gasteiger partial charge is 0.314 e. The van der Waals surface area contributed by atoms with Crippen molar-refractivity contribution in [3.63, 3.8) is 0 Å². The molecule has 3 heteroatoms. The maximum atomic E-state index is 4.37. The molecule has 1 aromatic heterocycles. The highest BCUT2D eigenvalue weighted by molar-refractivity contribution is 5.16. The van der Waals surface area contributed by atoms with E-state index in [4.69, 9.17) is 0 Å². The van der Waals surface area contributed by atoms with Crippen LogP contribution in [0.2, 0.25) is 0 Å². The summed E-state index contributed by atoms with van der Waals surface area (Å²) in [5.74, 6) is 0. The van der Waals surface area contributed by atoms with E-state index in [1.165, 1.54) is 17.7 Å². The molecule has 1 aromatic rings. The molecule has 0 aromatic carbocycles. The third-order valence-electron chi connectivity index (χ3n) is 1.86. The molecular formula is C9H17N3. The molecule has 3 nitrogen and oxygen atoms in total. The van der Waals surface area contributed by atoms with Crippen molar-refractivity contribution in [2.24, 2.45) is 7.05 Å². The van der Waals surface area contributed by atoms with Crippen molar-refractivity contribution < 1.29 is 0 Å². The summed E-state index contributed by atoms with van der Waals surface area (Å²) in [7, 11) is 3.92. The van der Waals surface area contributed by atoms with Crippen molar-refractivity contribution in [1.82, 2.24) is 15.1 Å². The highest BCUT2D eigenvalue weighted by Gasteiger charge is 2.04. The van der Waals surface area contributed by atoms with E-state index in [0.29, 0.717) is 0 Å². The molecule has 68 valence electrons. The average molecular weight is 167 g/mol. The van der Waals surface area contributed by atoms with Crippen molar-refractivity contribution in [3.05, 3.63) is 17.5 Å². The lowest BCUT2D eigenvalue weighted by atomic mass is 10.1. The zero-order valence-corrected chi connectivity index (χ0v) is 8.09. The van der Waals surface area contributed by atoms with E-state index in [1.54, 1.807) is 0 Å². The first-order chi connectivity index (χ1) is 5.77. The van der Waals surface area contributed by atoms with Gasteiger partial charge in [-0.2, -0.15) is 5.10 Å². The molecule has 1 rings (SSSR count). The normalized spacial score (nSPS) is 10.6. The second kappa shape index (κ2) is 4.26. The van der Waals surface area contributed by atoms with Crippen LogP contribution in [0.4, 0.5) is 0 Å². The SMILES string of the molecule is CCCc1cn(C)nc1CNC. The van der Waals surface area contributed by atoms with Crippen LogP contribution >= 0.6 is 0 Å². The zero-order chi connectivity index (χ0) is 8.97. The minimum atomic E-state index is 0.871. The molecule has 0 unspecified atom stereocenters. The second-order valence-electron chi connectivity index (χ2n) is 3.06. The number of nitrogens with zero attached hydrogens (tertiary/aromatic N) is 2. The lowest BCUT2D eigenvalue weighted by Gasteiger charge is -1.97. The van der Waals surface area contributed by atoms with Crippen LogP contribution in [0.1, 0.15) is 24.6 Å². The minimum Gasteiger partial charge on any atom is -0.314 e. The standard InChI is InChI=1S/C9H17N3/c1-4-5-8-7-12(3)11-9(8)6-10-2/h7,10H,4-6H2,1-3H3. The van der Waals surface area contributed by atoms with Gasteiger partial charge in [0.1, 0.15) is 0 Å². The van der Waals surface area contributed by atoms with E-state index in [9.17, 15) is 0 Å². The third-order valence-corrected chi connectivity index (χ3v) is 1.86. The smallest absolute Gasteiger partial charge is 0.0794 e. The topological polar surface area (TPSA) is 29.9 Å². The highest BCUT2D eigenvalue weighted by Crippen LogP contribution is 2.08. The quantitative estimate of drug-likeness (QED) is 0.727. The molecule has 0 bridgehead atoms. The predicted molar refractivity (Wildman–Crippen MR) is 50.0 cm³/mol.